The molecule has 1 aromatic heterocycles. The second-order valence-electron chi connectivity index (χ2n) is 4.85. The molecule has 102 valence electrons. The second-order valence-corrected chi connectivity index (χ2v) is 4.85. The average Bonchev–Trinajstić information content (AvgIpc) is 2.42. The summed E-state index contributed by atoms with van der Waals surface area (Å²) in [5.41, 5.74) is 1.03. The summed E-state index contributed by atoms with van der Waals surface area (Å²) < 4.78 is 5.60. The van der Waals surface area contributed by atoms with Crippen LogP contribution < -0.4 is 0 Å². The van der Waals surface area contributed by atoms with E-state index in [-0.39, 0.29) is 0 Å². The van der Waals surface area contributed by atoms with E-state index in [1.165, 1.54) is 51.4 Å². The molecular formula is C16H27NO. The van der Waals surface area contributed by atoms with Crippen molar-refractivity contribution in [2.45, 2.75) is 64.9 Å². The Balaban J connectivity index is 1.82. The predicted octanol–water partition coefficient (Wildman–Crippen LogP) is 4.74. The van der Waals surface area contributed by atoms with Crippen molar-refractivity contribution in [2.24, 2.45) is 0 Å². The number of unbranched alkanes of at least 4 members (excludes halogenated alkanes) is 7. The van der Waals surface area contributed by atoms with Crippen molar-refractivity contribution in [1.29, 1.82) is 0 Å². The van der Waals surface area contributed by atoms with E-state index >= 15 is 0 Å². The predicted molar refractivity (Wildman–Crippen MR) is 76.5 cm³/mol. The standard InChI is InChI=1S/C16H27NO/c1-2-3-4-5-6-7-8-11-14-18-15-16-12-9-10-13-17-16/h9-10,12-13H,2-8,11,14-15H2,1H3. The summed E-state index contributed by atoms with van der Waals surface area (Å²) in [7, 11) is 0. The fourth-order valence-corrected chi connectivity index (χ4v) is 2.00. The molecule has 0 fully saturated rings. The van der Waals surface area contributed by atoms with Gasteiger partial charge in [-0.25, -0.2) is 0 Å². The van der Waals surface area contributed by atoms with Crippen LogP contribution in [0, 0.1) is 0 Å². The van der Waals surface area contributed by atoms with Crippen molar-refractivity contribution < 1.29 is 4.74 Å². The van der Waals surface area contributed by atoms with E-state index in [0.29, 0.717) is 6.61 Å². The molecule has 0 aliphatic rings. The lowest BCUT2D eigenvalue weighted by atomic mass is 10.1. The molecule has 1 rings (SSSR count). The summed E-state index contributed by atoms with van der Waals surface area (Å²) in [5.74, 6) is 0. The van der Waals surface area contributed by atoms with E-state index < -0.39 is 0 Å². The Hall–Kier alpha value is -0.890. The van der Waals surface area contributed by atoms with Crippen LogP contribution in [0.2, 0.25) is 0 Å². The van der Waals surface area contributed by atoms with Crippen LogP contribution in [0.25, 0.3) is 0 Å². The second kappa shape index (κ2) is 11.2. The van der Waals surface area contributed by atoms with Gasteiger partial charge in [-0.15, -0.1) is 0 Å². The third kappa shape index (κ3) is 8.24. The molecule has 2 nitrogen and oxygen atoms in total. The van der Waals surface area contributed by atoms with Gasteiger partial charge in [0.1, 0.15) is 0 Å². The van der Waals surface area contributed by atoms with Gasteiger partial charge >= 0.3 is 0 Å². The molecule has 1 aromatic rings. The fourth-order valence-electron chi connectivity index (χ4n) is 2.00. The molecule has 1 heterocycles. The van der Waals surface area contributed by atoms with Crippen molar-refractivity contribution >= 4 is 0 Å². The molecule has 0 aliphatic heterocycles. The van der Waals surface area contributed by atoms with E-state index in [2.05, 4.69) is 11.9 Å². The maximum Gasteiger partial charge on any atom is 0.0887 e. The lowest BCUT2D eigenvalue weighted by molar-refractivity contribution is 0.114. The van der Waals surface area contributed by atoms with Gasteiger partial charge in [-0.05, 0) is 18.6 Å². The van der Waals surface area contributed by atoms with Crippen LogP contribution in [0.5, 0.6) is 0 Å². The molecule has 0 atom stereocenters. The molecule has 0 saturated carbocycles. The molecule has 2 heteroatoms. The molecule has 18 heavy (non-hydrogen) atoms. The highest BCUT2D eigenvalue weighted by Crippen LogP contribution is 2.08. The average molecular weight is 249 g/mol. The lowest BCUT2D eigenvalue weighted by Crippen LogP contribution is -1.97. The van der Waals surface area contributed by atoms with Gasteiger partial charge < -0.3 is 4.74 Å². The molecule has 0 N–H and O–H groups in total. The number of rotatable bonds is 11. The van der Waals surface area contributed by atoms with Crippen molar-refractivity contribution in [3.63, 3.8) is 0 Å². The monoisotopic (exact) mass is 249 g/mol. The zero-order chi connectivity index (χ0) is 12.9. The Bertz CT molecular complexity index is 274. The van der Waals surface area contributed by atoms with Gasteiger partial charge in [-0.1, -0.05) is 57.9 Å². The Morgan fingerprint density at radius 3 is 2.33 bits per heavy atom. The Kier molecular flexibility index (Phi) is 9.45. The van der Waals surface area contributed by atoms with Crippen LogP contribution in [0.15, 0.2) is 24.4 Å². The van der Waals surface area contributed by atoms with Crippen LogP contribution >= 0.6 is 0 Å². The molecule has 0 unspecified atom stereocenters. The first-order chi connectivity index (χ1) is 8.93. The topological polar surface area (TPSA) is 22.1 Å². The summed E-state index contributed by atoms with van der Waals surface area (Å²) >= 11 is 0. The quantitative estimate of drug-likeness (QED) is 0.528. The summed E-state index contributed by atoms with van der Waals surface area (Å²) in [6.45, 7) is 3.78. The normalized spacial score (nSPS) is 10.7. The van der Waals surface area contributed by atoms with Gasteiger partial charge in [0, 0.05) is 12.8 Å². The number of nitrogens with zero attached hydrogens (tertiary/aromatic N) is 1. The molecule has 0 aromatic carbocycles. The first-order valence-electron chi connectivity index (χ1n) is 7.41. The van der Waals surface area contributed by atoms with Crippen molar-refractivity contribution in [2.75, 3.05) is 6.61 Å². The molecule has 0 aliphatic carbocycles. The smallest absolute Gasteiger partial charge is 0.0887 e. The molecule has 0 bridgehead atoms. The highest BCUT2D eigenvalue weighted by molar-refractivity contribution is 5.01. The van der Waals surface area contributed by atoms with Crippen molar-refractivity contribution in [3.05, 3.63) is 30.1 Å². The SMILES string of the molecule is CCCCCCCCCCOCc1ccccn1. The van der Waals surface area contributed by atoms with E-state index in [9.17, 15) is 0 Å². The van der Waals surface area contributed by atoms with Gasteiger partial charge in [-0.3, -0.25) is 4.98 Å². The van der Waals surface area contributed by atoms with Crippen LogP contribution in [-0.2, 0) is 11.3 Å². The minimum absolute atomic E-state index is 0.650. The highest BCUT2D eigenvalue weighted by Gasteiger charge is 1.94. The fraction of sp³-hybridized carbons (Fsp3) is 0.688. The van der Waals surface area contributed by atoms with Crippen molar-refractivity contribution in [1.82, 2.24) is 4.98 Å². The molecular weight excluding hydrogens is 222 g/mol. The van der Waals surface area contributed by atoms with E-state index in [0.717, 1.165) is 12.3 Å². The summed E-state index contributed by atoms with van der Waals surface area (Å²) in [6, 6.07) is 5.94. The molecule has 0 amide bonds. The number of pyridine rings is 1. The maximum absolute atomic E-state index is 5.60. The lowest BCUT2D eigenvalue weighted by Gasteiger charge is -2.04. The van der Waals surface area contributed by atoms with Gasteiger partial charge in [0.15, 0.2) is 0 Å². The van der Waals surface area contributed by atoms with Crippen LogP contribution in [0.1, 0.15) is 64.0 Å². The zero-order valence-electron chi connectivity index (χ0n) is 11.7. The third-order valence-corrected chi connectivity index (χ3v) is 3.12. The number of aromatic nitrogens is 1. The molecule has 0 radical (unpaired) electrons. The van der Waals surface area contributed by atoms with Crippen molar-refractivity contribution in [3.8, 4) is 0 Å². The van der Waals surface area contributed by atoms with Crippen LogP contribution in [0.3, 0.4) is 0 Å². The Morgan fingerprint density at radius 1 is 0.944 bits per heavy atom. The van der Waals surface area contributed by atoms with Crippen LogP contribution in [-0.4, -0.2) is 11.6 Å². The first-order valence-corrected chi connectivity index (χ1v) is 7.41. The van der Waals surface area contributed by atoms with Gasteiger partial charge in [0.05, 0.1) is 12.3 Å². The largest absolute Gasteiger partial charge is 0.375 e. The van der Waals surface area contributed by atoms with Gasteiger partial charge in [0.25, 0.3) is 0 Å². The van der Waals surface area contributed by atoms with Crippen LogP contribution in [0.4, 0.5) is 0 Å². The number of hydrogen-bond acceptors (Lipinski definition) is 2. The summed E-state index contributed by atoms with van der Waals surface area (Å²) in [4.78, 5) is 4.23. The van der Waals surface area contributed by atoms with Gasteiger partial charge in [-0.2, -0.15) is 0 Å². The zero-order valence-corrected chi connectivity index (χ0v) is 11.7. The summed E-state index contributed by atoms with van der Waals surface area (Å²) in [6.07, 6.45) is 12.6. The Labute approximate surface area is 112 Å². The minimum Gasteiger partial charge on any atom is -0.375 e. The maximum atomic E-state index is 5.60. The summed E-state index contributed by atoms with van der Waals surface area (Å²) in [5, 5.41) is 0. The third-order valence-electron chi connectivity index (χ3n) is 3.12. The highest BCUT2D eigenvalue weighted by atomic mass is 16.5. The molecule has 0 saturated heterocycles. The first kappa shape index (κ1) is 15.2. The molecule has 0 spiro atoms. The minimum atomic E-state index is 0.650. The Morgan fingerprint density at radius 2 is 1.67 bits per heavy atom. The number of hydrogen-bond donors (Lipinski definition) is 0. The van der Waals surface area contributed by atoms with E-state index in [1.54, 1.807) is 0 Å². The van der Waals surface area contributed by atoms with E-state index in [4.69, 9.17) is 4.74 Å². The number of ether oxygens (including phenoxy) is 1. The van der Waals surface area contributed by atoms with E-state index in [1.807, 2.05) is 24.4 Å². The van der Waals surface area contributed by atoms with Gasteiger partial charge in [0.2, 0.25) is 0 Å².